The Morgan fingerprint density at radius 2 is 1.65 bits per heavy atom. The van der Waals surface area contributed by atoms with Crippen molar-refractivity contribution >= 4 is 10.9 Å². The second-order valence-corrected chi connectivity index (χ2v) is 4.33. The molecule has 0 fully saturated rings. The zero-order chi connectivity index (χ0) is 13.9. The topological polar surface area (TPSA) is 64.1 Å². The molecule has 0 saturated heterocycles. The van der Waals surface area contributed by atoms with Gasteiger partial charge < -0.3 is 9.82 Å². The Hall–Kier alpha value is -2.82. The Balaban J connectivity index is 2.00. The Bertz CT molecular complexity index is 850. The van der Waals surface area contributed by atoms with Crippen LogP contribution in [0.2, 0.25) is 0 Å². The number of rotatable bonds is 3. The zero-order valence-electron chi connectivity index (χ0n) is 10.6. The molecule has 0 aliphatic rings. The van der Waals surface area contributed by atoms with Gasteiger partial charge in [-0.15, -0.1) is 0 Å². The number of hydrogen-bond donors (Lipinski definition) is 1. The highest BCUT2D eigenvalue weighted by atomic mass is 16.7. The van der Waals surface area contributed by atoms with Crippen molar-refractivity contribution in [2.24, 2.45) is 0 Å². The molecular weight excluding hydrogens is 256 g/mol. The molecule has 100 valence electrons. The van der Waals surface area contributed by atoms with Gasteiger partial charge in [0.05, 0.1) is 10.9 Å². The molecule has 0 atom stereocenters. The van der Waals surface area contributed by atoms with Gasteiger partial charge in [0.15, 0.2) is 0 Å². The van der Waals surface area contributed by atoms with Gasteiger partial charge in [0, 0.05) is 0 Å². The third kappa shape index (κ3) is 2.21. The third-order valence-electron chi connectivity index (χ3n) is 2.97. The lowest BCUT2D eigenvalue weighted by Gasteiger charge is -2.08. The molecule has 5 nitrogen and oxygen atoms in total. The first kappa shape index (κ1) is 12.2. The van der Waals surface area contributed by atoms with Crippen LogP contribution in [-0.2, 0) is 6.61 Å². The van der Waals surface area contributed by atoms with E-state index in [0.29, 0.717) is 10.9 Å². The van der Waals surface area contributed by atoms with Gasteiger partial charge in [-0.05, 0) is 17.7 Å². The number of H-pyrrole nitrogens is 1. The van der Waals surface area contributed by atoms with E-state index in [-0.39, 0.29) is 6.61 Å². The van der Waals surface area contributed by atoms with Crippen molar-refractivity contribution in [3.05, 3.63) is 81.0 Å². The predicted molar refractivity (Wildman–Crippen MR) is 75.6 cm³/mol. The number of nitrogens with zero attached hydrogens (tertiary/aromatic N) is 1. The van der Waals surface area contributed by atoms with E-state index >= 15 is 0 Å². The van der Waals surface area contributed by atoms with Gasteiger partial charge >= 0.3 is 5.69 Å². The van der Waals surface area contributed by atoms with Gasteiger partial charge in [-0.1, -0.05) is 47.2 Å². The van der Waals surface area contributed by atoms with Crippen LogP contribution in [0.15, 0.2) is 64.2 Å². The molecule has 0 spiro atoms. The lowest BCUT2D eigenvalue weighted by molar-refractivity contribution is 0.0805. The van der Waals surface area contributed by atoms with Crippen LogP contribution in [0.4, 0.5) is 0 Å². The van der Waals surface area contributed by atoms with Gasteiger partial charge in [-0.2, -0.15) is 0 Å². The maximum atomic E-state index is 12.2. The predicted octanol–water partition coefficient (Wildman–Crippen LogP) is 1.32. The first-order valence-electron chi connectivity index (χ1n) is 6.17. The van der Waals surface area contributed by atoms with Crippen molar-refractivity contribution < 1.29 is 4.84 Å². The summed E-state index contributed by atoms with van der Waals surface area (Å²) in [4.78, 5) is 32.0. The summed E-state index contributed by atoms with van der Waals surface area (Å²) < 4.78 is 0.759. The van der Waals surface area contributed by atoms with Crippen LogP contribution < -0.4 is 16.1 Å². The molecule has 3 rings (SSSR count). The fourth-order valence-electron chi connectivity index (χ4n) is 1.98. The molecule has 0 unspecified atom stereocenters. The van der Waals surface area contributed by atoms with Crippen LogP contribution in [0, 0.1) is 0 Å². The summed E-state index contributed by atoms with van der Waals surface area (Å²) in [7, 11) is 0. The molecule has 1 aromatic heterocycles. The molecule has 1 N–H and O–H groups in total. The summed E-state index contributed by atoms with van der Waals surface area (Å²) in [5, 5.41) is 0.417. The quantitative estimate of drug-likeness (QED) is 0.779. The molecule has 5 heteroatoms. The molecule has 2 aromatic carbocycles. The minimum atomic E-state index is -0.579. The Morgan fingerprint density at radius 1 is 0.950 bits per heavy atom. The van der Waals surface area contributed by atoms with Crippen LogP contribution in [-0.4, -0.2) is 9.71 Å². The van der Waals surface area contributed by atoms with Crippen molar-refractivity contribution in [2.45, 2.75) is 6.61 Å². The van der Waals surface area contributed by atoms with Crippen molar-refractivity contribution in [3.63, 3.8) is 0 Å². The van der Waals surface area contributed by atoms with Crippen molar-refractivity contribution in [1.82, 2.24) is 9.71 Å². The van der Waals surface area contributed by atoms with Crippen LogP contribution >= 0.6 is 0 Å². The average Bonchev–Trinajstić information content (AvgIpc) is 2.48. The number of fused-ring (bicyclic) bond motifs is 1. The van der Waals surface area contributed by atoms with Gasteiger partial charge in [-0.25, -0.2) is 4.79 Å². The highest BCUT2D eigenvalue weighted by Crippen LogP contribution is 2.03. The standard InChI is InChI=1S/C15H12N2O3/c18-14-12-8-4-5-9-13(12)16-15(19)17(14)20-10-11-6-2-1-3-7-11/h1-9H,10H2,(H,16,19). The van der Waals surface area contributed by atoms with E-state index in [1.807, 2.05) is 30.3 Å². The SMILES string of the molecule is O=c1[nH]c2ccccc2c(=O)n1OCc1ccccc1. The summed E-state index contributed by atoms with van der Waals surface area (Å²) in [6.07, 6.45) is 0. The smallest absolute Gasteiger partial charge is 0.362 e. The maximum Gasteiger partial charge on any atom is 0.362 e. The molecule has 0 radical (unpaired) electrons. The molecule has 1 heterocycles. The normalized spacial score (nSPS) is 10.6. The van der Waals surface area contributed by atoms with Gasteiger partial charge in [0.2, 0.25) is 0 Å². The first-order chi connectivity index (χ1) is 9.75. The largest absolute Gasteiger partial charge is 0.401 e. The van der Waals surface area contributed by atoms with E-state index in [0.717, 1.165) is 10.3 Å². The van der Waals surface area contributed by atoms with E-state index in [1.54, 1.807) is 24.3 Å². The molecule has 0 amide bonds. The third-order valence-corrected chi connectivity index (χ3v) is 2.97. The highest BCUT2D eigenvalue weighted by molar-refractivity contribution is 5.76. The molecule has 0 saturated carbocycles. The Morgan fingerprint density at radius 3 is 2.45 bits per heavy atom. The Kier molecular flexibility index (Phi) is 3.09. The van der Waals surface area contributed by atoms with Crippen molar-refractivity contribution in [2.75, 3.05) is 0 Å². The maximum absolute atomic E-state index is 12.2. The van der Waals surface area contributed by atoms with Crippen LogP contribution in [0.3, 0.4) is 0 Å². The fraction of sp³-hybridized carbons (Fsp3) is 0.0667. The number of nitrogens with one attached hydrogen (secondary N) is 1. The second-order valence-electron chi connectivity index (χ2n) is 4.33. The number of benzene rings is 2. The molecule has 0 aliphatic heterocycles. The monoisotopic (exact) mass is 268 g/mol. The van der Waals surface area contributed by atoms with Crippen LogP contribution in [0.25, 0.3) is 10.9 Å². The average molecular weight is 268 g/mol. The van der Waals surface area contributed by atoms with E-state index in [4.69, 9.17) is 4.84 Å². The number of aromatic amines is 1. The summed E-state index contributed by atoms with van der Waals surface area (Å²) in [5.74, 6) is 0. The number of hydrogen-bond acceptors (Lipinski definition) is 3. The lowest BCUT2D eigenvalue weighted by Crippen LogP contribution is -2.39. The summed E-state index contributed by atoms with van der Waals surface area (Å²) >= 11 is 0. The zero-order valence-corrected chi connectivity index (χ0v) is 10.6. The fourth-order valence-corrected chi connectivity index (χ4v) is 1.98. The van der Waals surface area contributed by atoms with E-state index < -0.39 is 11.2 Å². The number of aromatic nitrogens is 2. The van der Waals surface area contributed by atoms with Crippen molar-refractivity contribution in [3.8, 4) is 0 Å². The minimum Gasteiger partial charge on any atom is -0.401 e. The van der Waals surface area contributed by atoms with Gasteiger partial charge in [0.25, 0.3) is 5.56 Å². The summed E-state index contributed by atoms with van der Waals surface area (Å²) in [6, 6.07) is 16.2. The van der Waals surface area contributed by atoms with E-state index in [1.165, 1.54) is 0 Å². The molecule has 20 heavy (non-hydrogen) atoms. The lowest BCUT2D eigenvalue weighted by atomic mass is 10.2. The molecule has 3 aromatic rings. The first-order valence-corrected chi connectivity index (χ1v) is 6.17. The second kappa shape index (κ2) is 5.05. The Labute approximate surface area is 114 Å². The highest BCUT2D eigenvalue weighted by Gasteiger charge is 2.07. The number of para-hydroxylation sites is 1. The summed E-state index contributed by atoms with van der Waals surface area (Å²) in [6.45, 7) is 0.155. The molecule has 0 aliphatic carbocycles. The van der Waals surface area contributed by atoms with Crippen molar-refractivity contribution in [1.29, 1.82) is 0 Å². The molecular formula is C15H12N2O3. The van der Waals surface area contributed by atoms with Gasteiger partial charge in [-0.3, -0.25) is 4.79 Å². The van der Waals surface area contributed by atoms with E-state index in [9.17, 15) is 9.59 Å². The molecule has 0 bridgehead atoms. The van der Waals surface area contributed by atoms with E-state index in [2.05, 4.69) is 4.98 Å². The van der Waals surface area contributed by atoms with Gasteiger partial charge in [0.1, 0.15) is 6.61 Å². The van der Waals surface area contributed by atoms with Crippen LogP contribution in [0.5, 0.6) is 0 Å². The minimum absolute atomic E-state index is 0.155. The van der Waals surface area contributed by atoms with Crippen LogP contribution in [0.1, 0.15) is 5.56 Å². The summed E-state index contributed by atoms with van der Waals surface area (Å²) in [5.41, 5.74) is 0.346.